The van der Waals surface area contributed by atoms with Gasteiger partial charge in [0.25, 0.3) is 0 Å². The first-order chi connectivity index (χ1) is 8.47. The van der Waals surface area contributed by atoms with Crippen molar-refractivity contribution in [3.05, 3.63) is 36.0 Å². The molecule has 0 saturated heterocycles. The number of rotatable bonds is 7. The summed E-state index contributed by atoms with van der Waals surface area (Å²) in [6.07, 6.45) is 17.5. The monoisotopic (exact) mass is 248 g/mol. The summed E-state index contributed by atoms with van der Waals surface area (Å²) in [7, 11) is 0. The summed E-state index contributed by atoms with van der Waals surface area (Å²) >= 11 is 0. The molecule has 0 heterocycles. The zero-order valence-electron chi connectivity index (χ0n) is 12.4. The molecule has 102 valence electrons. The minimum Gasteiger partial charge on any atom is -0.373 e. The van der Waals surface area contributed by atoms with Gasteiger partial charge in [-0.2, -0.15) is 0 Å². The lowest BCUT2D eigenvalue weighted by Crippen LogP contribution is -2.25. The molecular weight excluding hydrogens is 220 g/mol. The summed E-state index contributed by atoms with van der Waals surface area (Å²) in [6.45, 7) is 8.55. The minimum absolute atomic E-state index is 0.00895. The molecule has 0 aromatic heterocycles. The van der Waals surface area contributed by atoms with Crippen molar-refractivity contribution in [2.45, 2.75) is 71.5 Å². The van der Waals surface area contributed by atoms with Crippen LogP contribution in [0, 0.1) is 0 Å². The molecule has 0 aromatic carbocycles. The molecule has 0 radical (unpaired) electrons. The molecule has 0 N–H and O–H groups in total. The van der Waals surface area contributed by atoms with E-state index in [0.717, 1.165) is 0 Å². The quantitative estimate of drug-likeness (QED) is 0.563. The van der Waals surface area contributed by atoms with Gasteiger partial charge in [-0.15, -0.1) is 0 Å². The predicted molar refractivity (Wildman–Crippen MR) is 79.7 cm³/mol. The van der Waals surface area contributed by atoms with Gasteiger partial charge in [-0.05, 0) is 52.5 Å². The Hall–Kier alpha value is -0.820. The van der Waals surface area contributed by atoms with Crippen molar-refractivity contribution < 1.29 is 4.74 Å². The van der Waals surface area contributed by atoms with Crippen LogP contribution in [0.5, 0.6) is 0 Å². The summed E-state index contributed by atoms with van der Waals surface area (Å²) in [6, 6.07) is 0. The molecule has 0 aliphatic heterocycles. The molecule has 0 bridgehead atoms. The van der Waals surface area contributed by atoms with Crippen LogP contribution in [0.15, 0.2) is 36.0 Å². The second-order valence-corrected chi connectivity index (χ2v) is 6.10. The van der Waals surface area contributed by atoms with E-state index in [2.05, 4.69) is 58.1 Å². The van der Waals surface area contributed by atoms with Crippen molar-refractivity contribution in [3.63, 3.8) is 0 Å². The molecule has 0 saturated carbocycles. The summed E-state index contributed by atoms with van der Waals surface area (Å²) in [4.78, 5) is 0. The second kappa shape index (κ2) is 7.58. The highest BCUT2D eigenvalue weighted by molar-refractivity contribution is 5.39. The van der Waals surface area contributed by atoms with Crippen LogP contribution in [0.3, 0.4) is 0 Å². The molecule has 0 spiro atoms. The smallest absolute Gasteiger partial charge is 0.0602 e. The fourth-order valence-electron chi connectivity index (χ4n) is 2.21. The van der Waals surface area contributed by atoms with Gasteiger partial charge in [0, 0.05) is 0 Å². The van der Waals surface area contributed by atoms with Crippen LogP contribution in [0.2, 0.25) is 0 Å². The zero-order valence-corrected chi connectivity index (χ0v) is 12.4. The molecule has 1 nitrogen and oxygen atoms in total. The van der Waals surface area contributed by atoms with E-state index in [0.29, 0.717) is 6.10 Å². The molecule has 1 rings (SSSR count). The van der Waals surface area contributed by atoms with Gasteiger partial charge < -0.3 is 4.74 Å². The third kappa shape index (κ3) is 7.50. The second-order valence-electron chi connectivity index (χ2n) is 6.10. The number of unbranched alkanes of at least 4 members (excludes halogenated alkanes) is 3. The molecule has 0 amide bonds. The molecule has 1 unspecified atom stereocenters. The van der Waals surface area contributed by atoms with Gasteiger partial charge in [-0.1, -0.05) is 43.2 Å². The summed E-state index contributed by atoms with van der Waals surface area (Å²) in [5.41, 5.74) is 1.35. The van der Waals surface area contributed by atoms with E-state index < -0.39 is 0 Å². The maximum absolute atomic E-state index is 5.90. The first kappa shape index (κ1) is 15.2. The third-order valence-corrected chi connectivity index (χ3v) is 2.94. The van der Waals surface area contributed by atoms with Crippen molar-refractivity contribution >= 4 is 0 Å². The Kier molecular flexibility index (Phi) is 6.42. The van der Waals surface area contributed by atoms with Gasteiger partial charge in [0.2, 0.25) is 0 Å². The number of hydrogen-bond acceptors (Lipinski definition) is 1. The average molecular weight is 248 g/mol. The van der Waals surface area contributed by atoms with E-state index >= 15 is 0 Å². The Labute approximate surface area is 113 Å². The van der Waals surface area contributed by atoms with Gasteiger partial charge in [0.05, 0.1) is 11.7 Å². The molecule has 18 heavy (non-hydrogen) atoms. The van der Waals surface area contributed by atoms with Gasteiger partial charge in [-0.25, -0.2) is 0 Å². The van der Waals surface area contributed by atoms with Gasteiger partial charge >= 0.3 is 0 Å². The topological polar surface area (TPSA) is 9.23 Å². The van der Waals surface area contributed by atoms with Crippen LogP contribution >= 0.6 is 0 Å². The molecule has 1 heteroatoms. The highest BCUT2D eigenvalue weighted by atomic mass is 16.5. The van der Waals surface area contributed by atoms with E-state index in [4.69, 9.17) is 4.74 Å². The zero-order chi connectivity index (χ0) is 13.4. The van der Waals surface area contributed by atoms with E-state index in [-0.39, 0.29) is 5.60 Å². The first-order valence-electron chi connectivity index (χ1n) is 7.20. The largest absolute Gasteiger partial charge is 0.373 e. The average Bonchev–Trinajstić information content (AvgIpc) is 2.73. The van der Waals surface area contributed by atoms with Crippen LogP contribution in [-0.4, -0.2) is 11.7 Å². The highest BCUT2D eigenvalue weighted by Gasteiger charge is 2.14. The standard InChI is InChI=1S/C17H28O/c1-15(18-17(2,3)4)11-7-5-6-8-12-16-13-9-10-14-16/h9-10,12-15H,5-8,11H2,1-4H3. The molecule has 1 aliphatic carbocycles. The maximum atomic E-state index is 5.90. The number of ether oxygens (including phenoxy) is 1. The summed E-state index contributed by atoms with van der Waals surface area (Å²) in [5.74, 6) is 0. The molecule has 1 aliphatic rings. The SMILES string of the molecule is CC(CCCCCC=C1C=CC=C1)OC(C)(C)C. The Morgan fingerprint density at radius 1 is 1.11 bits per heavy atom. The van der Waals surface area contributed by atoms with Crippen LogP contribution in [0.25, 0.3) is 0 Å². The fourth-order valence-corrected chi connectivity index (χ4v) is 2.21. The lowest BCUT2D eigenvalue weighted by atomic mass is 10.1. The number of hydrogen-bond donors (Lipinski definition) is 0. The van der Waals surface area contributed by atoms with Crippen LogP contribution < -0.4 is 0 Å². The molecular formula is C17H28O. The highest BCUT2D eigenvalue weighted by Crippen LogP contribution is 2.16. The van der Waals surface area contributed by atoms with E-state index in [1.165, 1.54) is 37.7 Å². The Balaban J connectivity index is 2.00. The number of allylic oxidation sites excluding steroid dienone is 6. The molecule has 1 atom stereocenters. The Morgan fingerprint density at radius 2 is 1.78 bits per heavy atom. The maximum Gasteiger partial charge on any atom is 0.0602 e. The lowest BCUT2D eigenvalue weighted by Gasteiger charge is -2.25. The van der Waals surface area contributed by atoms with Gasteiger partial charge in [0.15, 0.2) is 0 Å². The summed E-state index contributed by atoms with van der Waals surface area (Å²) in [5, 5.41) is 0. The van der Waals surface area contributed by atoms with E-state index in [1.54, 1.807) is 0 Å². The van der Waals surface area contributed by atoms with Crippen LogP contribution in [0.1, 0.15) is 59.8 Å². The third-order valence-electron chi connectivity index (χ3n) is 2.94. The predicted octanol–water partition coefficient (Wildman–Crippen LogP) is 5.19. The van der Waals surface area contributed by atoms with Crippen molar-refractivity contribution in [1.82, 2.24) is 0 Å². The summed E-state index contributed by atoms with van der Waals surface area (Å²) < 4.78 is 5.90. The van der Waals surface area contributed by atoms with E-state index in [1.807, 2.05) is 0 Å². The van der Waals surface area contributed by atoms with Crippen molar-refractivity contribution in [2.24, 2.45) is 0 Å². The van der Waals surface area contributed by atoms with Crippen LogP contribution in [0.4, 0.5) is 0 Å². The van der Waals surface area contributed by atoms with Gasteiger partial charge in [0.1, 0.15) is 0 Å². The first-order valence-corrected chi connectivity index (χ1v) is 7.20. The van der Waals surface area contributed by atoms with Gasteiger partial charge in [-0.3, -0.25) is 0 Å². The normalized spacial score (nSPS) is 16.3. The van der Waals surface area contributed by atoms with Crippen molar-refractivity contribution in [1.29, 1.82) is 0 Å². The van der Waals surface area contributed by atoms with Crippen molar-refractivity contribution in [2.75, 3.05) is 0 Å². The molecule has 0 aromatic rings. The van der Waals surface area contributed by atoms with Crippen molar-refractivity contribution in [3.8, 4) is 0 Å². The van der Waals surface area contributed by atoms with E-state index in [9.17, 15) is 0 Å². The fraction of sp³-hybridized carbons (Fsp3) is 0.647. The lowest BCUT2D eigenvalue weighted by molar-refractivity contribution is -0.0549. The van der Waals surface area contributed by atoms with Crippen LogP contribution in [-0.2, 0) is 4.74 Å². The Bertz CT molecular complexity index is 301. The Morgan fingerprint density at radius 3 is 2.39 bits per heavy atom. The molecule has 0 fully saturated rings. The minimum atomic E-state index is -0.00895.